The third kappa shape index (κ3) is 7.58. The van der Waals surface area contributed by atoms with E-state index < -0.39 is 30.9 Å². The summed E-state index contributed by atoms with van der Waals surface area (Å²) >= 11 is 6.48. The average molecular weight is 852 g/mol. The number of imide groups is 2. The van der Waals surface area contributed by atoms with Crippen LogP contribution in [0.25, 0.3) is 0 Å². The van der Waals surface area contributed by atoms with Crippen LogP contribution in [0.2, 0.25) is 5.02 Å². The van der Waals surface area contributed by atoms with Gasteiger partial charge in [-0.2, -0.15) is 4.98 Å². The highest BCUT2D eigenvalue weighted by Gasteiger charge is 2.47. The zero-order valence-electron chi connectivity index (χ0n) is 33.7. The molecule has 4 aromatic rings. The Balaban J connectivity index is 0.786. The van der Waals surface area contributed by atoms with E-state index in [1.54, 1.807) is 32.6 Å². The summed E-state index contributed by atoms with van der Waals surface area (Å²) in [7, 11) is -0.914. The molecule has 3 aromatic carbocycles. The lowest BCUT2D eigenvalue weighted by molar-refractivity contribution is -0.136. The monoisotopic (exact) mass is 851 g/mol. The SMILES string of the molecule is COc1cc(N2CCC(CN3CC4CC3CN4c3ccc4c(c3)C(=O)N(C3CCC(=O)NC3=O)C4=O)CC2)ccc1Nc1ncc(Cl)c(Nc2ccccc2P(C)(C)=O)n1. The molecule has 3 unspecified atom stereocenters. The average Bonchev–Trinajstić information content (AvgIpc) is 3.90. The molecule has 312 valence electrons. The maximum Gasteiger partial charge on any atom is 0.262 e. The summed E-state index contributed by atoms with van der Waals surface area (Å²) in [6.45, 7) is 8.18. The van der Waals surface area contributed by atoms with Crippen LogP contribution in [0.1, 0.15) is 52.8 Å². The Morgan fingerprint density at radius 3 is 2.38 bits per heavy atom. The second-order valence-corrected chi connectivity index (χ2v) is 20.2. The second-order valence-electron chi connectivity index (χ2n) is 16.6. The number of anilines is 6. The van der Waals surface area contributed by atoms with Crippen LogP contribution in [0.4, 0.5) is 34.5 Å². The third-order valence-electron chi connectivity index (χ3n) is 12.5. The number of likely N-dealkylation sites (tertiary alicyclic amines) is 1. The van der Waals surface area contributed by atoms with E-state index >= 15 is 0 Å². The van der Waals surface area contributed by atoms with Gasteiger partial charge in [-0.1, -0.05) is 23.7 Å². The topological polar surface area (TPSA) is 169 Å². The summed E-state index contributed by atoms with van der Waals surface area (Å²) < 4.78 is 18.7. The standard InChI is InChI=1S/C43H47ClN9O6P/c1-59-36-20-26(9-11-33(36)47-43-45-21-32(44)39(49-43)46-34-6-4-5-7-37(34)60(2,3)58)50-16-14-25(15-17-50)22-51-23-29-18-28(51)24-52(29)27-8-10-30-31(19-27)42(57)53(41(30)56)35-12-13-38(54)48-40(35)55/h4-11,19-21,25,28-29,35H,12-18,22-24H2,1-3H3,(H,48,54,55)(H2,45,46,47,49). The summed E-state index contributed by atoms with van der Waals surface area (Å²) in [5.41, 5.74) is 4.02. The number of rotatable bonds is 11. The quantitative estimate of drug-likeness (QED) is 0.129. The van der Waals surface area contributed by atoms with E-state index in [9.17, 15) is 23.7 Å². The number of aromatic nitrogens is 2. The number of fused-ring (bicyclic) bond motifs is 3. The molecule has 0 radical (unpaired) electrons. The Hall–Kier alpha value is -5.50. The fourth-order valence-corrected chi connectivity index (χ4v) is 10.7. The fraction of sp³-hybridized carbons (Fsp3) is 0.395. The van der Waals surface area contributed by atoms with Gasteiger partial charge < -0.3 is 29.7 Å². The number of piperidine rings is 2. The molecule has 4 saturated heterocycles. The van der Waals surface area contributed by atoms with Gasteiger partial charge in [-0.3, -0.25) is 34.3 Å². The number of amides is 4. The first-order chi connectivity index (χ1) is 28.8. The number of piperazine rings is 1. The Morgan fingerprint density at radius 2 is 1.65 bits per heavy atom. The number of nitrogens with one attached hydrogen (secondary N) is 3. The molecule has 60 heavy (non-hydrogen) atoms. The molecule has 0 saturated carbocycles. The van der Waals surface area contributed by atoms with Gasteiger partial charge in [0.15, 0.2) is 5.82 Å². The van der Waals surface area contributed by atoms with Crippen molar-refractivity contribution in [3.05, 3.63) is 83.0 Å². The fourth-order valence-electron chi connectivity index (χ4n) is 9.42. The molecular weight excluding hydrogens is 805 g/mol. The first-order valence-corrected chi connectivity index (χ1v) is 23.3. The molecule has 6 heterocycles. The van der Waals surface area contributed by atoms with Crippen molar-refractivity contribution < 1.29 is 28.5 Å². The lowest BCUT2D eigenvalue weighted by Crippen LogP contribution is -2.54. The van der Waals surface area contributed by atoms with Crippen LogP contribution in [0.5, 0.6) is 5.75 Å². The van der Waals surface area contributed by atoms with Crippen molar-refractivity contribution in [2.75, 3.05) is 73.6 Å². The molecule has 1 aromatic heterocycles. The summed E-state index contributed by atoms with van der Waals surface area (Å²) in [5, 5.41) is 9.82. The molecule has 17 heteroatoms. The second kappa shape index (κ2) is 15.8. The van der Waals surface area contributed by atoms with Crippen LogP contribution >= 0.6 is 18.7 Å². The van der Waals surface area contributed by atoms with Gasteiger partial charge in [0, 0.05) is 74.0 Å². The molecule has 9 rings (SSSR count). The largest absolute Gasteiger partial charge is 0.494 e. The first kappa shape index (κ1) is 39.9. The van der Waals surface area contributed by atoms with Gasteiger partial charge >= 0.3 is 0 Å². The molecular formula is C43H47ClN9O6P. The highest BCUT2D eigenvalue weighted by Crippen LogP contribution is 2.41. The smallest absolute Gasteiger partial charge is 0.262 e. The van der Waals surface area contributed by atoms with Crippen LogP contribution in [-0.2, 0) is 14.2 Å². The minimum atomic E-state index is -2.56. The minimum absolute atomic E-state index is 0.0924. The molecule has 4 fully saturated rings. The van der Waals surface area contributed by atoms with Crippen LogP contribution in [-0.4, -0.2) is 115 Å². The number of para-hydroxylation sites is 1. The predicted octanol–water partition coefficient (Wildman–Crippen LogP) is 5.45. The van der Waals surface area contributed by atoms with E-state index in [2.05, 4.69) is 46.7 Å². The maximum atomic E-state index is 13.4. The van der Waals surface area contributed by atoms with E-state index in [4.69, 9.17) is 16.3 Å². The Labute approximate surface area is 353 Å². The molecule has 0 spiro atoms. The van der Waals surface area contributed by atoms with E-state index in [-0.39, 0.29) is 18.7 Å². The number of benzene rings is 3. The van der Waals surface area contributed by atoms with Crippen molar-refractivity contribution in [2.24, 2.45) is 5.92 Å². The number of hydrogen-bond donors (Lipinski definition) is 3. The number of ether oxygens (including phenoxy) is 1. The van der Waals surface area contributed by atoms with Crippen LogP contribution in [0.15, 0.2) is 66.9 Å². The van der Waals surface area contributed by atoms with Crippen molar-refractivity contribution in [3.8, 4) is 5.75 Å². The lowest BCUT2D eigenvalue weighted by atomic mass is 9.95. The van der Waals surface area contributed by atoms with Gasteiger partial charge in [-0.05, 0) is 87.4 Å². The number of methoxy groups -OCH3 is 1. The van der Waals surface area contributed by atoms with Gasteiger partial charge in [-0.25, -0.2) is 4.98 Å². The predicted molar refractivity (Wildman–Crippen MR) is 231 cm³/mol. The summed E-state index contributed by atoms with van der Waals surface area (Å²) in [6, 6.07) is 18.7. The van der Waals surface area contributed by atoms with Gasteiger partial charge in [0.05, 0.1) is 35.8 Å². The van der Waals surface area contributed by atoms with Crippen molar-refractivity contribution in [1.29, 1.82) is 0 Å². The molecule has 0 aliphatic carbocycles. The number of halogens is 1. The van der Waals surface area contributed by atoms with Crippen LogP contribution in [0, 0.1) is 5.92 Å². The highest BCUT2D eigenvalue weighted by atomic mass is 35.5. The zero-order valence-corrected chi connectivity index (χ0v) is 35.3. The number of nitrogens with zero attached hydrogens (tertiary/aromatic N) is 6. The van der Waals surface area contributed by atoms with Gasteiger partial charge in [0.2, 0.25) is 17.8 Å². The normalized spacial score (nSPS) is 22.1. The summed E-state index contributed by atoms with van der Waals surface area (Å²) in [6.07, 6.45) is 4.96. The molecule has 3 atom stereocenters. The van der Waals surface area contributed by atoms with Crippen molar-refractivity contribution in [2.45, 2.75) is 50.2 Å². The minimum Gasteiger partial charge on any atom is -0.494 e. The van der Waals surface area contributed by atoms with Crippen LogP contribution < -0.4 is 35.8 Å². The third-order valence-corrected chi connectivity index (χ3v) is 14.3. The number of carbonyl (C=O) groups excluding carboxylic acids is 4. The van der Waals surface area contributed by atoms with E-state index in [0.29, 0.717) is 68.3 Å². The van der Waals surface area contributed by atoms with Crippen molar-refractivity contribution in [1.82, 2.24) is 25.1 Å². The molecule has 2 bridgehead atoms. The van der Waals surface area contributed by atoms with E-state index in [0.717, 1.165) is 68.3 Å². The van der Waals surface area contributed by atoms with Crippen molar-refractivity contribution in [3.63, 3.8) is 0 Å². The van der Waals surface area contributed by atoms with Gasteiger partial charge in [0.25, 0.3) is 11.8 Å². The zero-order chi connectivity index (χ0) is 41.9. The molecule has 4 amide bonds. The van der Waals surface area contributed by atoms with Crippen molar-refractivity contribution >= 4 is 82.2 Å². The Morgan fingerprint density at radius 1 is 0.883 bits per heavy atom. The van der Waals surface area contributed by atoms with E-state index in [1.807, 2.05) is 42.5 Å². The van der Waals surface area contributed by atoms with Gasteiger partial charge in [-0.15, -0.1) is 0 Å². The molecule has 3 N–H and O–H groups in total. The Kier molecular flexibility index (Phi) is 10.5. The number of carbonyl (C=O) groups is 4. The first-order valence-electron chi connectivity index (χ1n) is 20.3. The molecule has 5 aliphatic heterocycles. The molecule has 15 nitrogen and oxygen atoms in total. The lowest BCUT2D eigenvalue weighted by Gasteiger charge is -2.40. The maximum absolute atomic E-state index is 13.4. The van der Waals surface area contributed by atoms with Gasteiger partial charge in [0.1, 0.15) is 24.0 Å². The molecule has 5 aliphatic rings. The van der Waals surface area contributed by atoms with E-state index in [1.165, 1.54) is 6.20 Å². The van der Waals surface area contributed by atoms with Crippen LogP contribution in [0.3, 0.4) is 0 Å². The summed E-state index contributed by atoms with van der Waals surface area (Å²) in [4.78, 5) is 68.3. The number of hydrogen-bond acceptors (Lipinski definition) is 13. The highest BCUT2D eigenvalue weighted by molar-refractivity contribution is 7.70. The summed E-state index contributed by atoms with van der Waals surface area (Å²) in [5.74, 6) is 0.0145. The Bertz CT molecular complexity index is 2460.